The summed E-state index contributed by atoms with van der Waals surface area (Å²) in [6.45, 7) is 5.31. The molecule has 1 aromatic rings. The lowest BCUT2D eigenvalue weighted by Crippen LogP contribution is -2.52. The van der Waals surface area contributed by atoms with Crippen LogP contribution in [0, 0.1) is 5.92 Å². The molecule has 1 saturated heterocycles. The number of likely N-dealkylation sites (tertiary alicyclic amines) is 1. The molecule has 134 valence electrons. The lowest BCUT2D eigenvalue weighted by atomic mass is 9.90. The van der Waals surface area contributed by atoms with Crippen molar-refractivity contribution in [2.24, 2.45) is 5.92 Å². The molecule has 1 fully saturated rings. The van der Waals surface area contributed by atoms with Crippen molar-refractivity contribution >= 4 is 15.9 Å². The maximum atomic E-state index is 12.8. The molecule has 1 aliphatic rings. The largest absolute Gasteiger partial charge is 0.477 e. The normalized spacial score (nSPS) is 21.5. The number of nitrogens with zero attached hydrogens (tertiary/aromatic N) is 2. The predicted molar refractivity (Wildman–Crippen MR) is 91.5 cm³/mol. The Bertz CT molecular complexity index is 678. The van der Waals surface area contributed by atoms with Crippen molar-refractivity contribution < 1.29 is 17.9 Å². The second-order valence-corrected chi connectivity index (χ2v) is 7.77. The summed E-state index contributed by atoms with van der Waals surface area (Å²) in [6, 6.07) is 3.29. The third-order valence-corrected chi connectivity index (χ3v) is 4.92. The van der Waals surface area contributed by atoms with E-state index in [-0.39, 0.29) is 17.9 Å². The summed E-state index contributed by atoms with van der Waals surface area (Å²) < 4.78 is 31.1. The van der Waals surface area contributed by atoms with Crippen molar-refractivity contribution in [1.29, 1.82) is 0 Å². The topological polar surface area (TPSA) is 88.6 Å². The van der Waals surface area contributed by atoms with Crippen LogP contribution in [0.4, 0.5) is 0 Å². The Balaban J connectivity index is 2.13. The number of carbonyl (C=O) groups is 1. The van der Waals surface area contributed by atoms with Crippen LogP contribution in [0.1, 0.15) is 37.0 Å². The smallest absolute Gasteiger partial charge is 0.259 e. The van der Waals surface area contributed by atoms with E-state index in [1.807, 2.05) is 13.8 Å². The lowest BCUT2D eigenvalue weighted by molar-refractivity contribution is 0.0636. The summed E-state index contributed by atoms with van der Waals surface area (Å²) >= 11 is 0. The highest BCUT2D eigenvalue weighted by molar-refractivity contribution is 7.88. The van der Waals surface area contributed by atoms with E-state index >= 15 is 0 Å². The van der Waals surface area contributed by atoms with Crippen LogP contribution >= 0.6 is 0 Å². The Labute approximate surface area is 143 Å². The quantitative estimate of drug-likeness (QED) is 0.830. The van der Waals surface area contributed by atoms with E-state index in [1.54, 1.807) is 23.2 Å². The fourth-order valence-corrected chi connectivity index (χ4v) is 3.90. The van der Waals surface area contributed by atoms with Crippen molar-refractivity contribution in [3.8, 4) is 5.88 Å². The molecule has 1 aliphatic heterocycles. The number of piperidine rings is 1. The SMILES string of the molecule is CCOc1ncccc1C(=O)N1CC[C@H](NS(C)(=O)=O)[C@H](CC)C1. The monoisotopic (exact) mass is 355 g/mol. The number of rotatable bonds is 6. The maximum absolute atomic E-state index is 12.8. The molecule has 1 amide bonds. The third kappa shape index (κ3) is 4.67. The van der Waals surface area contributed by atoms with Gasteiger partial charge < -0.3 is 9.64 Å². The first-order chi connectivity index (χ1) is 11.4. The van der Waals surface area contributed by atoms with Crippen molar-refractivity contribution in [3.05, 3.63) is 23.9 Å². The standard InChI is InChI=1S/C16H25N3O4S/c1-4-12-11-19(10-8-14(12)18-24(3,21)22)16(20)13-7-6-9-17-15(13)23-5-2/h6-7,9,12,14,18H,4-5,8,10-11H2,1-3H3/t12-,14+/m1/s1. The van der Waals surface area contributed by atoms with E-state index in [2.05, 4.69) is 9.71 Å². The van der Waals surface area contributed by atoms with E-state index in [0.717, 1.165) is 6.42 Å². The van der Waals surface area contributed by atoms with Crippen molar-refractivity contribution in [2.45, 2.75) is 32.7 Å². The first-order valence-electron chi connectivity index (χ1n) is 8.20. The highest BCUT2D eigenvalue weighted by atomic mass is 32.2. The lowest BCUT2D eigenvalue weighted by Gasteiger charge is -2.38. The zero-order valence-electron chi connectivity index (χ0n) is 14.4. The van der Waals surface area contributed by atoms with Crippen LogP contribution < -0.4 is 9.46 Å². The Morgan fingerprint density at radius 1 is 1.46 bits per heavy atom. The number of ether oxygens (including phenoxy) is 1. The Kier molecular flexibility index (Phi) is 6.17. The molecule has 0 saturated carbocycles. The minimum atomic E-state index is -3.25. The molecule has 1 aromatic heterocycles. The summed E-state index contributed by atoms with van der Waals surface area (Å²) in [7, 11) is -3.25. The van der Waals surface area contributed by atoms with Crippen LogP contribution in [-0.4, -0.2) is 56.2 Å². The van der Waals surface area contributed by atoms with Crippen LogP contribution in [0.3, 0.4) is 0 Å². The summed E-state index contributed by atoms with van der Waals surface area (Å²) in [5.74, 6) is 0.307. The predicted octanol–water partition coefficient (Wildman–Crippen LogP) is 1.27. The zero-order valence-corrected chi connectivity index (χ0v) is 15.2. The molecule has 2 rings (SSSR count). The van der Waals surface area contributed by atoms with Gasteiger partial charge in [-0.3, -0.25) is 4.79 Å². The van der Waals surface area contributed by atoms with E-state index in [4.69, 9.17) is 4.74 Å². The Morgan fingerprint density at radius 2 is 2.21 bits per heavy atom. The number of aromatic nitrogens is 1. The molecule has 1 N–H and O–H groups in total. The molecule has 7 nitrogen and oxygen atoms in total. The number of nitrogens with one attached hydrogen (secondary N) is 1. The summed E-state index contributed by atoms with van der Waals surface area (Å²) in [5.41, 5.74) is 0.448. The van der Waals surface area contributed by atoms with Gasteiger partial charge in [0.05, 0.1) is 12.9 Å². The molecule has 2 atom stereocenters. The summed E-state index contributed by atoms with van der Waals surface area (Å²) in [6.07, 6.45) is 4.16. The van der Waals surface area contributed by atoms with Gasteiger partial charge in [0.1, 0.15) is 5.56 Å². The molecule has 0 aromatic carbocycles. The van der Waals surface area contributed by atoms with Gasteiger partial charge in [-0.2, -0.15) is 0 Å². The van der Waals surface area contributed by atoms with Gasteiger partial charge in [-0.1, -0.05) is 13.3 Å². The van der Waals surface area contributed by atoms with Gasteiger partial charge in [0.2, 0.25) is 15.9 Å². The molecular weight excluding hydrogens is 330 g/mol. The molecule has 0 spiro atoms. The maximum Gasteiger partial charge on any atom is 0.259 e. The Hall–Kier alpha value is -1.67. The van der Waals surface area contributed by atoms with Crippen LogP contribution in [0.2, 0.25) is 0 Å². The second kappa shape index (κ2) is 7.94. The van der Waals surface area contributed by atoms with Crippen LogP contribution in [0.25, 0.3) is 0 Å². The van der Waals surface area contributed by atoms with E-state index < -0.39 is 10.0 Å². The molecule has 2 heterocycles. The van der Waals surface area contributed by atoms with Gasteiger partial charge in [0.15, 0.2) is 0 Å². The molecule has 24 heavy (non-hydrogen) atoms. The zero-order chi connectivity index (χ0) is 17.7. The molecule has 0 bridgehead atoms. The highest BCUT2D eigenvalue weighted by Crippen LogP contribution is 2.24. The second-order valence-electron chi connectivity index (χ2n) is 5.99. The average Bonchev–Trinajstić information content (AvgIpc) is 2.54. The van der Waals surface area contributed by atoms with Crippen LogP contribution in [0.15, 0.2) is 18.3 Å². The van der Waals surface area contributed by atoms with Crippen LogP contribution in [0.5, 0.6) is 5.88 Å². The van der Waals surface area contributed by atoms with Crippen molar-refractivity contribution in [1.82, 2.24) is 14.6 Å². The highest BCUT2D eigenvalue weighted by Gasteiger charge is 2.33. The number of sulfonamides is 1. The minimum Gasteiger partial charge on any atom is -0.477 e. The minimum absolute atomic E-state index is 0.0876. The number of amides is 1. The number of hydrogen-bond acceptors (Lipinski definition) is 5. The van der Waals surface area contributed by atoms with Gasteiger partial charge in [-0.25, -0.2) is 18.1 Å². The number of pyridine rings is 1. The van der Waals surface area contributed by atoms with Crippen LogP contribution in [-0.2, 0) is 10.0 Å². The summed E-state index contributed by atoms with van der Waals surface area (Å²) in [5, 5.41) is 0. The van der Waals surface area contributed by atoms with Gasteiger partial charge in [0, 0.05) is 25.3 Å². The molecule has 0 unspecified atom stereocenters. The molecule has 0 radical (unpaired) electrons. The molecule has 8 heteroatoms. The van der Waals surface area contributed by atoms with E-state index in [9.17, 15) is 13.2 Å². The van der Waals surface area contributed by atoms with Crippen molar-refractivity contribution in [3.63, 3.8) is 0 Å². The van der Waals surface area contributed by atoms with Gasteiger partial charge in [-0.15, -0.1) is 0 Å². The van der Waals surface area contributed by atoms with E-state index in [0.29, 0.717) is 37.6 Å². The number of carbonyl (C=O) groups excluding carboxylic acids is 1. The summed E-state index contributed by atoms with van der Waals surface area (Å²) in [4.78, 5) is 18.7. The average molecular weight is 355 g/mol. The first-order valence-corrected chi connectivity index (χ1v) is 10.1. The number of hydrogen-bond donors (Lipinski definition) is 1. The fourth-order valence-electron chi connectivity index (χ4n) is 3.04. The third-order valence-electron chi connectivity index (χ3n) is 4.19. The van der Waals surface area contributed by atoms with Gasteiger partial charge >= 0.3 is 0 Å². The molecular formula is C16H25N3O4S. The first kappa shape index (κ1) is 18.7. The molecule has 0 aliphatic carbocycles. The van der Waals surface area contributed by atoms with Crippen molar-refractivity contribution in [2.75, 3.05) is 26.0 Å². The van der Waals surface area contributed by atoms with Gasteiger partial charge in [0.25, 0.3) is 5.91 Å². The Morgan fingerprint density at radius 3 is 2.83 bits per heavy atom. The fraction of sp³-hybridized carbons (Fsp3) is 0.625. The van der Waals surface area contributed by atoms with E-state index in [1.165, 1.54) is 6.26 Å². The van der Waals surface area contributed by atoms with Gasteiger partial charge in [-0.05, 0) is 31.4 Å².